The number of nitrogens with one attached hydrogen (secondary N) is 2. The van der Waals surface area contributed by atoms with Crippen molar-refractivity contribution < 1.29 is 22.0 Å². The topological polar surface area (TPSA) is 91.9 Å². The summed E-state index contributed by atoms with van der Waals surface area (Å²) >= 11 is 0. The number of pyridine rings is 1. The van der Waals surface area contributed by atoms with Gasteiger partial charge >= 0.3 is 0 Å². The molecule has 2 aromatic carbocycles. The molecule has 0 saturated carbocycles. The molecule has 2 heterocycles. The highest BCUT2D eigenvalue weighted by Crippen LogP contribution is 2.30. The second-order valence-electron chi connectivity index (χ2n) is 8.05. The molecular formula is C25H23F2N3O3S. The zero-order valence-corrected chi connectivity index (χ0v) is 19.5. The zero-order chi connectivity index (χ0) is 24.5. The number of ketones is 1. The van der Waals surface area contributed by atoms with Crippen LogP contribution in [0, 0.1) is 18.6 Å². The van der Waals surface area contributed by atoms with E-state index >= 15 is 4.39 Å². The van der Waals surface area contributed by atoms with Gasteiger partial charge in [0.1, 0.15) is 11.5 Å². The van der Waals surface area contributed by atoms with E-state index < -0.39 is 21.6 Å². The van der Waals surface area contributed by atoms with E-state index in [0.29, 0.717) is 35.0 Å². The number of sulfonamides is 1. The Morgan fingerprint density at radius 3 is 2.65 bits per heavy atom. The van der Waals surface area contributed by atoms with Gasteiger partial charge in [-0.05, 0) is 54.8 Å². The molecule has 0 unspecified atom stereocenters. The van der Waals surface area contributed by atoms with Gasteiger partial charge in [-0.25, -0.2) is 22.2 Å². The first-order valence-corrected chi connectivity index (χ1v) is 12.4. The number of rotatable bonds is 8. The molecule has 0 atom stereocenters. The van der Waals surface area contributed by atoms with Crippen LogP contribution in [0.4, 0.5) is 14.5 Å². The number of nitrogens with zero attached hydrogens (tertiary/aromatic N) is 1. The molecule has 2 N–H and O–H groups in total. The predicted molar refractivity (Wildman–Crippen MR) is 128 cm³/mol. The molecule has 176 valence electrons. The molecule has 4 rings (SSSR count). The molecule has 34 heavy (non-hydrogen) atoms. The summed E-state index contributed by atoms with van der Waals surface area (Å²) in [6.07, 6.45) is 4.17. The average Bonchev–Trinajstić information content (AvgIpc) is 3.22. The molecule has 6 nitrogen and oxygen atoms in total. The Morgan fingerprint density at radius 1 is 1.12 bits per heavy atom. The Hall–Kier alpha value is -3.59. The smallest absolute Gasteiger partial charge is 0.232 e. The van der Waals surface area contributed by atoms with Crippen LogP contribution in [-0.2, 0) is 10.0 Å². The third kappa shape index (κ3) is 4.70. The van der Waals surface area contributed by atoms with Gasteiger partial charge in [0, 0.05) is 28.9 Å². The molecule has 0 aliphatic carbocycles. The van der Waals surface area contributed by atoms with Crippen molar-refractivity contribution in [1.29, 1.82) is 0 Å². The maximum atomic E-state index is 15.2. The van der Waals surface area contributed by atoms with Crippen LogP contribution >= 0.6 is 0 Å². The first-order chi connectivity index (χ1) is 16.2. The fraction of sp³-hybridized carbons (Fsp3) is 0.200. The Morgan fingerprint density at radius 2 is 1.91 bits per heavy atom. The number of hydrogen-bond donors (Lipinski definition) is 2. The second kappa shape index (κ2) is 9.34. The van der Waals surface area contributed by atoms with Gasteiger partial charge in [0.2, 0.25) is 10.0 Å². The van der Waals surface area contributed by atoms with Crippen LogP contribution in [0.5, 0.6) is 0 Å². The molecule has 0 aliphatic rings. The van der Waals surface area contributed by atoms with E-state index in [1.54, 1.807) is 25.3 Å². The molecular weight excluding hydrogens is 460 g/mol. The highest BCUT2D eigenvalue weighted by atomic mass is 32.2. The maximum absolute atomic E-state index is 15.2. The Balaban J connectivity index is 1.72. The van der Waals surface area contributed by atoms with Gasteiger partial charge < -0.3 is 4.98 Å². The van der Waals surface area contributed by atoms with Crippen LogP contribution in [0.2, 0.25) is 0 Å². The van der Waals surface area contributed by atoms with Gasteiger partial charge in [0.05, 0.1) is 17.0 Å². The number of carbonyl (C=O) groups is 1. The number of hydrogen-bond acceptors (Lipinski definition) is 4. The lowest BCUT2D eigenvalue weighted by Gasteiger charge is -2.11. The van der Waals surface area contributed by atoms with Crippen molar-refractivity contribution >= 4 is 32.5 Å². The largest absolute Gasteiger partial charge is 0.345 e. The Kier molecular flexibility index (Phi) is 6.47. The summed E-state index contributed by atoms with van der Waals surface area (Å²) in [4.78, 5) is 20.5. The number of aryl methyl sites for hydroxylation is 1. The second-order valence-corrected chi connectivity index (χ2v) is 9.89. The van der Waals surface area contributed by atoms with Gasteiger partial charge in [-0.2, -0.15) is 0 Å². The van der Waals surface area contributed by atoms with Crippen LogP contribution in [0.1, 0.15) is 41.3 Å². The van der Waals surface area contributed by atoms with Crippen LogP contribution in [0.25, 0.3) is 22.2 Å². The van der Waals surface area contributed by atoms with Gasteiger partial charge in [0.25, 0.3) is 0 Å². The first-order valence-electron chi connectivity index (χ1n) is 10.8. The van der Waals surface area contributed by atoms with Crippen molar-refractivity contribution in [2.75, 3.05) is 10.5 Å². The summed E-state index contributed by atoms with van der Waals surface area (Å²) in [5.74, 6) is -2.05. The van der Waals surface area contributed by atoms with Gasteiger partial charge in [0.15, 0.2) is 11.6 Å². The van der Waals surface area contributed by atoms with E-state index in [2.05, 4.69) is 14.7 Å². The van der Waals surface area contributed by atoms with Gasteiger partial charge in [-0.3, -0.25) is 9.52 Å². The summed E-state index contributed by atoms with van der Waals surface area (Å²) in [7, 11) is -3.74. The lowest BCUT2D eigenvalue weighted by atomic mass is 9.98. The van der Waals surface area contributed by atoms with E-state index in [-0.39, 0.29) is 28.4 Å². The normalized spacial score (nSPS) is 11.6. The number of aromatic nitrogens is 2. The summed E-state index contributed by atoms with van der Waals surface area (Å²) < 4.78 is 55.4. The summed E-state index contributed by atoms with van der Waals surface area (Å²) in [6.45, 7) is 3.63. The summed E-state index contributed by atoms with van der Waals surface area (Å²) in [6, 6.07) is 10.1. The fourth-order valence-electron chi connectivity index (χ4n) is 3.77. The third-order valence-electron chi connectivity index (χ3n) is 5.55. The lowest BCUT2D eigenvalue weighted by molar-refractivity contribution is 0.103. The standard InChI is InChI=1S/C25H23F2N3O3S/c1-3-4-10-34(32,33)30-22-7-5-6-19(23(22)27)24(31)21-14-29-25-20(21)12-16(13-28-25)18-9-8-17(26)11-15(18)2/h5-9,11-14,30H,3-4,10H2,1-2H3,(H,28,29). The maximum Gasteiger partial charge on any atom is 0.232 e. The Labute approximate surface area is 196 Å². The number of fused-ring (bicyclic) bond motifs is 1. The quantitative estimate of drug-likeness (QED) is 0.320. The van der Waals surface area contributed by atoms with Crippen LogP contribution in [0.3, 0.4) is 0 Å². The molecule has 0 bridgehead atoms. The van der Waals surface area contributed by atoms with E-state index in [0.717, 1.165) is 5.56 Å². The first kappa shape index (κ1) is 23.6. The molecule has 0 aliphatic heterocycles. The third-order valence-corrected chi connectivity index (χ3v) is 6.91. The number of halogens is 2. The summed E-state index contributed by atoms with van der Waals surface area (Å²) in [5.41, 5.74) is 2.22. The van der Waals surface area contributed by atoms with Gasteiger partial charge in [-0.15, -0.1) is 0 Å². The van der Waals surface area contributed by atoms with Gasteiger partial charge in [-0.1, -0.05) is 25.5 Å². The number of anilines is 1. The zero-order valence-electron chi connectivity index (χ0n) is 18.7. The number of unbranched alkanes of at least 4 members (excludes halogenated alkanes) is 1. The van der Waals surface area contributed by atoms with Crippen molar-refractivity contribution in [3.05, 3.63) is 83.2 Å². The molecule has 4 aromatic rings. The van der Waals surface area contributed by atoms with E-state index in [1.807, 2.05) is 6.92 Å². The van der Waals surface area contributed by atoms with Crippen LogP contribution in [-0.4, -0.2) is 29.9 Å². The number of carbonyl (C=O) groups excluding carboxylic acids is 1. The molecule has 0 saturated heterocycles. The van der Waals surface area contributed by atoms with Crippen LogP contribution < -0.4 is 4.72 Å². The molecule has 2 aromatic heterocycles. The van der Waals surface area contributed by atoms with Crippen molar-refractivity contribution in [3.8, 4) is 11.1 Å². The van der Waals surface area contributed by atoms with Crippen molar-refractivity contribution in [3.63, 3.8) is 0 Å². The molecule has 0 fully saturated rings. The highest BCUT2D eigenvalue weighted by molar-refractivity contribution is 7.92. The SMILES string of the molecule is CCCCS(=O)(=O)Nc1cccc(C(=O)c2c[nH]c3ncc(-c4ccc(F)cc4C)cc23)c1F. The average molecular weight is 484 g/mol. The summed E-state index contributed by atoms with van der Waals surface area (Å²) in [5, 5.41) is 0.472. The van der Waals surface area contributed by atoms with Crippen LogP contribution in [0.15, 0.2) is 54.9 Å². The molecule has 0 spiro atoms. The van der Waals surface area contributed by atoms with Crippen molar-refractivity contribution in [2.45, 2.75) is 26.7 Å². The number of benzene rings is 2. The fourth-order valence-corrected chi connectivity index (χ4v) is 5.04. The predicted octanol–water partition coefficient (Wildman–Crippen LogP) is 5.59. The number of aromatic amines is 1. The monoisotopic (exact) mass is 483 g/mol. The van der Waals surface area contributed by atoms with E-state index in [4.69, 9.17) is 0 Å². The molecule has 9 heteroatoms. The molecule has 0 radical (unpaired) electrons. The minimum atomic E-state index is -3.74. The van der Waals surface area contributed by atoms with E-state index in [9.17, 15) is 17.6 Å². The van der Waals surface area contributed by atoms with Crippen molar-refractivity contribution in [1.82, 2.24) is 9.97 Å². The Bertz CT molecular complexity index is 1500. The minimum absolute atomic E-state index is 0.138. The minimum Gasteiger partial charge on any atom is -0.345 e. The van der Waals surface area contributed by atoms with Crippen molar-refractivity contribution in [2.24, 2.45) is 0 Å². The lowest BCUT2D eigenvalue weighted by Crippen LogP contribution is -2.18. The van der Waals surface area contributed by atoms with E-state index in [1.165, 1.54) is 36.5 Å². The highest BCUT2D eigenvalue weighted by Gasteiger charge is 2.22. The molecule has 0 amide bonds. The number of H-pyrrole nitrogens is 1.